The Morgan fingerprint density at radius 2 is 2.15 bits per heavy atom. The molecule has 0 amide bonds. The van der Waals surface area contributed by atoms with E-state index in [0.717, 1.165) is 31.0 Å². The highest BCUT2D eigenvalue weighted by Crippen LogP contribution is 2.25. The molecule has 26 heavy (non-hydrogen) atoms. The number of aromatic nitrogens is 2. The molecule has 1 atom stereocenters. The quantitative estimate of drug-likeness (QED) is 0.792. The number of hydrogen-bond donors (Lipinski definition) is 2. The summed E-state index contributed by atoms with van der Waals surface area (Å²) < 4.78 is 4.79. The number of aryl methyl sites for hydroxylation is 1. The fourth-order valence-corrected chi connectivity index (χ4v) is 3.04. The van der Waals surface area contributed by atoms with E-state index in [1.165, 1.54) is 18.2 Å². The van der Waals surface area contributed by atoms with Crippen LogP contribution >= 0.6 is 0 Å². The van der Waals surface area contributed by atoms with Crippen LogP contribution in [0.3, 0.4) is 0 Å². The summed E-state index contributed by atoms with van der Waals surface area (Å²) in [5, 5.41) is 12.3. The zero-order valence-corrected chi connectivity index (χ0v) is 15.3. The molecule has 2 heterocycles. The molecule has 0 unspecified atom stereocenters. The van der Waals surface area contributed by atoms with Gasteiger partial charge in [-0.1, -0.05) is 6.07 Å². The minimum absolute atomic E-state index is 0.0201. The number of esters is 1. The number of nitrogens with zero attached hydrogens (tertiary/aromatic N) is 3. The van der Waals surface area contributed by atoms with Crippen molar-refractivity contribution in [3.8, 4) is 0 Å². The van der Waals surface area contributed by atoms with Gasteiger partial charge in [0.05, 0.1) is 19.3 Å². The number of methoxy groups -OCH3 is 1. The van der Waals surface area contributed by atoms with Crippen molar-refractivity contribution in [3.63, 3.8) is 0 Å². The number of benzene rings is 1. The molecule has 2 aromatic rings. The van der Waals surface area contributed by atoms with E-state index in [0.29, 0.717) is 11.5 Å². The summed E-state index contributed by atoms with van der Waals surface area (Å²) >= 11 is 0. The lowest BCUT2D eigenvalue weighted by Crippen LogP contribution is -2.32. The maximum absolute atomic E-state index is 11.7. The van der Waals surface area contributed by atoms with Gasteiger partial charge in [0, 0.05) is 30.9 Å². The van der Waals surface area contributed by atoms with Gasteiger partial charge < -0.3 is 20.1 Å². The lowest BCUT2D eigenvalue weighted by atomic mass is 9.97. The maximum Gasteiger partial charge on any atom is 0.337 e. The maximum atomic E-state index is 11.7. The van der Waals surface area contributed by atoms with Crippen molar-refractivity contribution in [2.24, 2.45) is 0 Å². The summed E-state index contributed by atoms with van der Waals surface area (Å²) in [6.45, 7) is 5.36. The van der Waals surface area contributed by atoms with Gasteiger partial charge in [-0.25, -0.2) is 9.78 Å². The third kappa shape index (κ3) is 3.94. The monoisotopic (exact) mass is 356 g/mol. The highest BCUT2D eigenvalue weighted by atomic mass is 16.5. The number of carbonyl (C=O) groups is 1. The van der Waals surface area contributed by atoms with Gasteiger partial charge in [0.25, 0.3) is 0 Å². The van der Waals surface area contributed by atoms with E-state index in [1.54, 1.807) is 6.07 Å². The Morgan fingerprint density at radius 1 is 1.35 bits per heavy atom. The average molecular weight is 356 g/mol. The first-order valence-electron chi connectivity index (χ1n) is 8.68. The zero-order valence-electron chi connectivity index (χ0n) is 15.3. The van der Waals surface area contributed by atoms with Crippen LogP contribution in [-0.2, 0) is 17.7 Å². The topological polar surface area (TPSA) is 87.6 Å². The average Bonchev–Trinajstić information content (AvgIpc) is 2.65. The van der Waals surface area contributed by atoms with E-state index < -0.39 is 0 Å². The number of fused-ring (bicyclic) bond motifs is 1. The smallest absolute Gasteiger partial charge is 0.337 e. The summed E-state index contributed by atoms with van der Waals surface area (Å²) in [6, 6.07) is 7.55. The fraction of sp³-hybridized carbons (Fsp3) is 0.421. The normalized spacial score (nSPS) is 14.5. The highest BCUT2D eigenvalue weighted by molar-refractivity contribution is 5.89. The molecule has 1 aromatic heterocycles. The van der Waals surface area contributed by atoms with Crippen molar-refractivity contribution in [2.75, 3.05) is 30.5 Å². The number of aliphatic hydroxyl groups excluding tert-OH is 1. The Balaban J connectivity index is 1.81. The van der Waals surface area contributed by atoms with E-state index in [9.17, 15) is 9.90 Å². The number of hydrogen-bond acceptors (Lipinski definition) is 7. The number of ether oxygens (including phenoxy) is 1. The van der Waals surface area contributed by atoms with Crippen molar-refractivity contribution in [2.45, 2.75) is 32.9 Å². The van der Waals surface area contributed by atoms with Crippen molar-refractivity contribution < 1.29 is 14.6 Å². The van der Waals surface area contributed by atoms with Gasteiger partial charge >= 0.3 is 5.97 Å². The van der Waals surface area contributed by atoms with Gasteiger partial charge in [-0.05, 0) is 43.5 Å². The Kier molecular flexibility index (Phi) is 5.37. The lowest BCUT2D eigenvalue weighted by molar-refractivity contribution is 0.0600. The molecule has 0 saturated heterocycles. The van der Waals surface area contributed by atoms with Gasteiger partial charge in [0.15, 0.2) is 0 Å². The van der Waals surface area contributed by atoms with Crippen LogP contribution in [0.25, 0.3) is 0 Å². The second-order valence-corrected chi connectivity index (χ2v) is 6.57. The number of carbonyl (C=O) groups excluding carboxylic acids is 1. The molecule has 138 valence electrons. The van der Waals surface area contributed by atoms with E-state index in [-0.39, 0.29) is 18.6 Å². The first-order valence-corrected chi connectivity index (χ1v) is 8.68. The molecule has 1 aliphatic rings. The third-order valence-corrected chi connectivity index (χ3v) is 4.45. The molecule has 0 radical (unpaired) electrons. The summed E-state index contributed by atoms with van der Waals surface area (Å²) in [5.74, 6) is 1.07. The van der Waals surface area contributed by atoms with Crippen molar-refractivity contribution in [1.82, 2.24) is 9.97 Å². The second kappa shape index (κ2) is 7.70. The molecule has 1 aliphatic heterocycles. The summed E-state index contributed by atoms with van der Waals surface area (Å²) in [6.07, 6.45) is 0.832. The molecule has 7 heteroatoms. The molecular weight excluding hydrogens is 332 g/mol. The molecule has 0 aliphatic carbocycles. The van der Waals surface area contributed by atoms with Crippen LogP contribution in [0.5, 0.6) is 0 Å². The molecule has 3 rings (SSSR count). The molecule has 0 bridgehead atoms. The first kappa shape index (κ1) is 18.1. The Labute approximate surface area is 153 Å². The largest absolute Gasteiger partial charge is 0.465 e. The van der Waals surface area contributed by atoms with Crippen LogP contribution < -0.4 is 10.2 Å². The number of rotatable bonds is 5. The van der Waals surface area contributed by atoms with E-state index in [4.69, 9.17) is 4.74 Å². The molecular formula is C19H24N4O3. The van der Waals surface area contributed by atoms with Crippen molar-refractivity contribution in [1.29, 1.82) is 0 Å². The van der Waals surface area contributed by atoms with Crippen LogP contribution in [0, 0.1) is 6.92 Å². The third-order valence-electron chi connectivity index (χ3n) is 4.45. The SMILES string of the molecule is COC(=O)c1ccc2c(c1)CCN(c1cc(C)nc(N[C@H](C)CO)n1)C2. The predicted octanol–water partition coefficient (Wildman–Crippen LogP) is 1.93. The van der Waals surface area contributed by atoms with E-state index >= 15 is 0 Å². The molecule has 2 N–H and O–H groups in total. The Hall–Kier alpha value is -2.67. The van der Waals surface area contributed by atoms with Gasteiger partial charge in [-0.15, -0.1) is 0 Å². The minimum Gasteiger partial charge on any atom is -0.465 e. The summed E-state index contributed by atoms with van der Waals surface area (Å²) in [4.78, 5) is 22.9. The lowest BCUT2D eigenvalue weighted by Gasteiger charge is -2.30. The van der Waals surface area contributed by atoms with Gasteiger partial charge in [-0.3, -0.25) is 0 Å². The van der Waals surface area contributed by atoms with Crippen LogP contribution in [-0.4, -0.2) is 47.3 Å². The van der Waals surface area contributed by atoms with Gasteiger partial charge in [-0.2, -0.15) is 4.98 Å². The minimum atomic E-state index is -0.310. The number of anilines is 2. The Morgan fingerprint density at radius 3 is 2.88 bits per heavy atom. The highest BCUT2D eigenvalue weighted by Gasteiger charge is 2.20. The van der Waals surface area contributed by atoms with Gasteiger partial charge in [0.2, 0.25) is 5.95 Å². The van der Waals surface area contributed by atoms with Crippen molar-refractivity contribution >= 4 is 17.7 Å². The molecule has 1 aromatic carbocycles. The van der Waals surface area contributed by atoms with E-state index in [1.807, 2.05) is 32.0 Å². The summed E-state index contributed by atoms with van der Waals surface area (Å²) in [5.41, 5.74) is 3.80. The number of aliphatic hydroxyl groups is 1. The Bertz CT molecular complexity index is 809. The first-order chi connectivity index (χ1) is 12.5. The molecule has 0 fully saturated rings. The molecule has 0 spiro atoms. The fourth-order valence-electron chi connectivity index (χ4n) is 3.04. The predicted molar refractivity (Wildman–Crippen MR) is 99.5 cm³/mol. The van der Waals surface area contributed by atoms with Crippen LogP contribution in [0.1, 0.15) is 34.1 Å². The number of nitrogens with one attached hydrogen (secondary N) is 1. The van der Waals surface area contributed by atoms with Crippen LogP contribution in [0.4, 0.5) is 11.8 Å². The molecule has 0 saturated carbocycles. The molecule has 7 nitrogen and oxygen atoms in total. The summed E-state index contributed by atoms with van der Waals surface area (Å²) in [7, 11) is 1.39. The van der Waals surface area contributed by atoms with Gasteiger partial charge in [0.1, 0.15) is 5.82 Å². The van der Waals surface area contributed by atoms with Crippen LogP contribution in [0.15, 0.2) is 24.3 Å². The van der Waals surface area contributed by atoms with E-state index in [2.05, 4.69) is 20.2 Å². The second-order valence-electron chi connectivity index (χ2n) is 6.57. The van der Waals surface area contributed by atoms with Crippen LogP contribution in [0.2, 0.25) is 0 Å². The van der Waals surface area contributed by atoms with Crippen molar-refractivity contribution in [3.05, 3.63) is 46.6 Å². The zero-order chi connectivity index (χ0) is 18.7. The standard InChI is InChI=1S/C19H24N4O3/c1-12-8-17(22-19(20-12)21-13(2)11-24)23-7-6-14-9-15(18(25)26-3)4-5-16(14)10-23/h4-5,8-9,13,24H,6-7,10-11H2,1-3H3,(H,20,21,22)/t13-/m1/s1.